The molecule has 1 aromatic heterocycles. The van der Waals surface area contributed by atoms with Gasteiger partial charge in [0.2, 0.25) is 0 Å². The van der Waals surface area contributed by atoms with Crippen molar-refractivity contribution in [1.29, 1.82) is 0 Å². The largest absolute Gasteiger partial charge is 0.322 e. The molecule has 110 valence electrons. The van der Waals surface area contributed by atoms with Crippen LogP contribution in [0.2, 0.25) is 0 Å². The fourth-order valence-electron chi connectivity index (χ4n) is 1.84. The van der Waals surface area contributed by atoms with Crippen LogP contribution in [0.25, 0.3) is 0 Å². The topological polar surface area (TPSA) is 45.2 Å². The summed E-state index contributed by atoms with van der Waals surface area (Å²) in [5, 5.41) is 2.45. The van der Waals surface area contributed by atoms with Gasteiger partial charge in [0.1, 0.15) is 11.6 Å². The molecule has 6 heteroatoms. The average molecular weight is 291 g/mol. The minimum Gasteiger partial charge on any atom is -0.319 e. The normalized spacial score (nSPS) is 11.8. The molecule has 2 aromatic rings. The van der Waals surface area contributed by atoms with Gasteiger partial charge in [-0.1, -0.05) is 6.07 Å². The average Bonchev–Trinajstić information content (AvgIpc) is 2.45. The molecular formula is C15H15F2N3O. The Hall–Kier alpha value is -2.50. The van der Waals surface area contributed by atoms with E-state index in [-0.39, 0.29) is 11.7 Å². The van der Waals surface area contributed by atoms with E-state index in [1.165, 1.54) is 4.90 Å². The summed E-state index contributed by atoms with van der Waals surface area (Å²) in [7, 11) is 1.59. The van der Waals surface area contributed by atoms with Gasteiger partial charge < -0.3 is 10.2 Å². The number of pyridine rings is 1. The Labute approximate surface area is 121 Å². The van der Waals surface area contributed by atoms with Crippen LogP contribution in [-0.2, 0) is 0 Å². The third kappa shape index (κ3) is 3.75. The predicted octanol–water partition coefficient (Wildman–Crippen LogP) is 3.58. The number of amides is 2. The van der Waals surface area contributed by atoms with Crippen LogP contribution in [0.5, 0.6) is 0 Å². The number of urea groups is 1. The highest BCUT2D eigenvalue weighted by atomic mass is 19.1. The Morgan fingerprint density at radius 2 is 1.90 bits per heavy atom. The summed E-state index contributed by atoms with van der Waals surface area (Å²) in [4.78, 5) is 17.7. The lowest BCUT2D eigenvalue weighted by Crippen LogP contribution is -2.34. The zero-order valence-electron chi connectivity index (χ0n) is 11.7. The Morgan fingerprint density at radius 1 is 1.24 bits per heavy atom. The summed E-state index contributed by atoms with van der Waals surface area (Å²) in [6, 6.07) is 7.52. The molecule has 0 bridgehead atoms. The number of benzene rings is 1. The number of rotatable bonds is 3. The second kappa shape index (κ2) is 6.30. The number of nitrogens with one attached hydrogen (secondary N) is 1. The van der Waals surface area contributed by atoms with E-state index < -0.39 is 17.7 Å². The van der Waals surface area contributed by atoms with Gasteiger partial charge in [0, 0.05) is 25.0 Å². The SMILES string of the molecule is CC(c1ccccn1)N(C)C(=O)Nc1cc(F)cc(F)c1. The minimum absolute atomic E-state index is 0.0672. The Kier molecular flexibility index (Phi) is 4.47. The molecule has 1 atom stereocenters. The summed E-state index contributed by atoms with van der Waals surface area (Å²) in [5.74, 6) is -1.49. The molecule has 1 aromatic carbocycles. The van der Waals surface area contributed by atoms with E-state index in [2.05, 4.69) is 10.3 Å². The molecule has 4 nitrogen and oxygen atoms in total. The smallest absolute Gasteiger partial charge is 0.319 e. The number of aromatic nitrogens is 1. The van der Waals surface area contributed by atoms with Crippen LogP contribution in [0.15, 0.2) is 42.6 Å². The summed E-state index contributed by atoms with van der Waals surface area (Å²) >= 11 is 0. The maximum Gasteiger partial charge on any atom is 0.322 e. The third-order valence-electron chi connectivity index (χ3n) is 3.13. The van der Waals surface area contributed by atoms with Gasteiger partial charge in [-0.05, 0) is 31.2 Å². The highest BCUT2D eigenvalue weighted by Gasteiger charge is 2.18. The zero-order valence-corrected chi connectivity index (χ0v) is 11.7. The van der Waals surface area contributed by atoms with Crippen molar-refractivity contribution in [3.8, 4) is 0 Å². The van der Waals surface area contributed by atoms with Crippen LogP contribution in [0.3, 0.4) is 0 Å². The zero-order chi connectivity index (χ0) is 15.4. The van der Waals surface area contributed by atoms with Crippen molar-refractivity contribution in [2.45, 2.75) is 13.0 Å². The van der Waals surface area contributed by atoms with Crippen molar-refractivity contribution < 1.29 is 13.6 Å². The molecular weight excluding hydrogens is 276 g/mol. The number of carbonyl (C=O) groups excluding carboxylic acids is 1. The molecule has 0 saturated carbocycles. The standard InChI is InChI=1S/C15H15F2N3O/c1-10(14-5-3-4-6-18-14)20(2)15(21)19-13-8-11(16)7-12(17)9-13/h3-10H,1-2H3,(H,19,21). The first-order chi connectivity index (χ1) is 9.97. The molecule has 0 spiro atoms. The summed E-state index contributed by atoms with van der Waals surface area (Å²) in [6.07, 6.45) is 1.64. The molecule has 0 aliphatic heterocycles. The van der Waals surface area contributed by atoms with E-state index in [0.29, 0.717) is 0 Å². The lowest BCUT2D eigenvalue weighted by atomic mass is 10.2. The van der Waals surface area contributed by atoms with Crippen LogP contribution < -0.4 is 5.32 Å². The quantitative estimate of drug-likeness (QED) is 0.939. The van der Waals surface area contributed by atoms with E-state index in [0.717, 1.165) is 23.9 Å². The highest BCUT2D eigenvalue weighted by Crippen LogP contribution is 2.18. The number of anilines is 1. The summed E-state index contributed by atoms with van der Waals surface area (Å²) in [6.45, 7) is 1.81. The van der Waals surface area contributed by atoms with Crippen LogP contribution in [-0.4, -0.2) is 23.0 Å². The third-order valence-corrected chi connectivity index (χ3v) is 3.13. The second-order valence-electron chi connectivity index (χ2n) is 4.63. The lowest BCUT2D eigenvalue weighted by Gasteiger charge is -2.24. The Bertz CT molecular complexity index is 614. The summed E-state index contributed by atoms with van der Waals surface area (Å²) in [5.41, 5.74) is 0.790. The van der Waals surface area contributed by atoms with E-state index in [1.54, 1.807) is 25.4 Å². The van der Waals surface area contributed by atoms with Gasteiger partial charge in [-0.25, -0.2) is 13.6 Å². The van der Waals surface area contributed by atoms with Crippen molar-refractivity contribution in [3.63, 3.8) is 0 Å². The van der Waals surface area contributed by atoms with Gasteiger partial charge in [0.25, 0.3) is 0 Å². The van der Waals surface area contributed by atoms with Gasteiger partial charge in [0.15, 0.2) is 0 Å². The van der Waals surface area contributed by atoms with Crippen molar-refractivity contribution in [2.24, 2.45) is 0 Å². The maximum atomic E-state index is 13.1. The van der Waals surface area contributed by atoms with Crippen molar-refractivity contribution in [1.82, 2.24) is 9.88 Å². The van der Waals surface area contributed by atoms with Crippen LogP contribution in [0.4, 0.5) is 19.3 Å². The predicted molar refractivity (Wildman–Crippen MR) is 75.8 cm³/mol. The molecule has 2 rings (SSSR count). The van der Waals surface area contributed by atoms with Gasteiger partial charge in [0.05, 0.1) is 11.7 Å². The number of hydrogen-bond acceptors (Lipinski definition) is 2. The molecule has 0 saturated heterocycles. The molecule has 0 radical (unpaired) electrons. The molecule has 0 aliphatic rings. The number of carbonyl (C=O) groups is 1. The van der Waals surface area contributed by atoms with Crippen molar-refractivity contribution in [3.05, 3.63) is 59.9 Å². The molecule has 1 unspecified atom stereocenters. The van der Waals surface area contributed by atoms with Gasteiger partial charge >= 0.3 is 6.03 Å². The molecule has 0 aliphatic carbocycles. The Balaban J connectivity index is 2.09. The number of hydrogen-bond donors (Lipinski definition) is 1. The second-order valence-corrected chi connectivity index (χ2v) is 4.63. The van der Waals surface area contributed by atoms with Crippen LogP contribution >= 0.6 is 0 Å². The highest BCUT2D eigenvalue weighted by molar-refractivity contribution is 5.89. The number of halogens is 2. The van der Waals surface area contributed by atoms with Crippen molar-refractivity contribution in [2.75, 3.05) is 12.4 Å². The van der Waals surface area contributed by atoms with Crippen LogP contribution in [0.1, 0.15) is 18.7 Å². The fraction of sp³-hybridized carbons (Fsp3) is 0.200. The van der Waals surface area contributed by atoms with E-state index in [1.807, 2.05) is 13.0 Å². The van der Waals surface area contributed by atoms with Crippen molar-refractivity contribution >= 4 is 11.7 Å². The van der Waals surface area contributed by atoms with E-state index in [4.69, 9.17) is 0 Å². The van der Waals surface area contributed by atoms with E-state index >= 15 is 0 Å². The fourth-order valence-corrected chi connectivity index (χ4v) is 1.84. The first-order valence-corrected chi connectivity index (χ1v) is 6.38. The molecule has 1 N–H and O–H groups in total. The lowest BCUT2D eigenvalue weighted by molar-refractivity contribution is 0.207. The molecule has 2 amide bonds. The first kappa shape index (κ1) is 14.9. The van der Waals surface area contributed by atoms with Crippen LogP contribution in [0, 0.1) is 11.6 Å². The van der Waals surface area contributed by atoms with E-state index in [9.17, 15) is 13.6 Å². The van der Waals surface area contributed by atoms with Gasteiger partial charge in [-0.2, -0.15) is 0 Å². The van der Waals surface area contributed by atoms with Gasteiger partial charge in [-0.3, -0.25) is 4.98 Å². The first-order valence-electron chi connectivity index (χ1n) is 6.38. The molecule has 0 fully saturated rings. The number of nitrogens with zero attached hydrogens (tertiary/aromatic N) is 2. The monoisotopic (exact) mass is 291 g/mol. The summed E-state index contributed by atoms with van der Waals surface area (Å²) < 4.78 is 26.2. The minimum atomic E-state index is -0.745. The Morgan fingerprint density at radius 3 is 2.48 bits per heavy atom. The van der Waals surface area contributed by atoms with Gasteiger partial charge in [-0.15, -0.1) is 0 Å². The maximum absolute atomic E-state index is 13.1. The molecule has 1 heterocycles. The molecule has 21 heavy (non-hydrogen) atoms.